The Balaban J connectivity index is 1.79. The quantitative estimate of drug-likeness (QED) is 0.751. The van der Waals surface area contributed by atoms with Crippen molar-refractivity contribution < 1.29 is 9.53 Å². The van der Waals surface area contributed by atoms with Crippen LogP contribution in [0.15, 0.2) is 0 Å². The minimum atomic E-state index is 0.186. The van der Waals surface area contributed by atoms with Crippen LogP contribution in [0.25, 0.3) is 0 Å². The van der Waals surface area contributed by atoms with Crippen LogP contribution >= 0.6 is 0 Å². The first-order chi connectivity index (χ1) is 8.76. The van der Waals surface area contributed by atoms with Gasteiger partial charge in [-0.05, 0) is 37.6 Å². The number of amides is 1. The summed E-state index contributed by atoms with van der Waals surface area (Å²) in [6.07, 6.45) is 7.12. The highest BCUT2D eigenvalue weighted by Crippen LogP contribution is 2.40. The summed E-state index contributed by atoms with van der Waals surface area (Å²) in [5, 5.41) is 6.43. The topological polar surface area (TPSA) is 50.4 Å². The largest absolute Gasteiger partial charge is 0.385 e. The van der Waals surface area contributed by atoms with Gasteiger partial charge in [-0.1, -0.05) is 12.8 Å². The van der Waals surface area contributed by atoms with E-state index in [4.69, 9.17) is 4.74 Å². The van der Waals surface area contributed by atoms with E-state index >= 15 is 0 Å². The average molecular weight is 254 g/mol. The van der Waals surface area contributed by atoms with Crippen LogP contribution in [0.2, 0.25) is 0 Å². The molecule has 1 saturated carbocycles. The maximum atomic E-state index is 12.0. The van der Waals surface area contributed by atoms with Gasteiger partial charge in [0.2, 0.25) is 5.91 Å². The molecule has 1 atom stereocenters. The van der Waals surface area contributed by atoms with Crippen molar-refractivity contribution in [2.75, 3.05) is 33.4 Å². The summed E-state index contributed by atoms with van der Waals surface area (Å²) in [6.45, 7) is 3.47. The summed E-state index contributed by atoms with van der Waals surface area (Å²) in [5.41, 5.74) is 0.303. The third kappa shape index (κ3) is 3.45. The average Bonchev–Trinajstić information content (AvgIpc) is 3.05. The van der Waals surface area contributed by atoms with Gasteiger partial charge in [-0.2, -0.15) is 0 Å². The third-order valence-corrected chi connectivity index (χ3v) is 4.57. The van der Waals surface area contributed by atoms with Gasteiger partial charge in [0, 0.05) is 26.8 Å². The smallest absolute Gasteiger partial charge is 0.224 e. The molecule has 0 bridgehead atoms. The summed E-state index contributed by atoms with van der Waals surface area (Å²) >= 11 is 0. The minimum Gasteiger partial charge on any atom is -0.385 e. The summed E-state index contributed by atoms with van der Waals surface area (Å²) in [5.74, 6) is 0.426. The van der Waals surface area contributed by atoms with E-state index < -0.39 is 0 Å². The lowest BCUT2D eigenvalue weighted by atomic mass is 9.82. The fourth-order valence-electron chi connectivity index (χ4n) is 3.26. The van der Waals surface area contributed by atoms with Crippen LogP contribution in [-0.4, -0.2) is 39.3 Å². The maximum absolute atomic E-state index is 12.0. The van der Waals surface area contributed by atoms with Gasteiger partial charge >= 0.3 is 0 Å². The van der Waals surface area contributed by atoms with Crippen LogP contribution in [0.4, 0.5) is 0 Å². The Morgan fingerprint density at radius 1 is 1.44 bits per heavy atom. The lowest BCUT2D eigenvalue weighted by Gasteiger charge is -2.29. The van der Waals surface area contributed by atoms with Gasteiger partial charge < -0.3 is 15.4 Å². The first kappa shape index (κ1) is 13.8. The van der Waals surface area contributed by atoms with Crippen LogP contribution in [0, 0.1) is 11.3 Å². The van der Waals surface area contributed by atoms with Crippen molar-refractivity contribution >= 4 is 5.91 Å². The predicted molar refractivity (Wildman–Crippen MR) is 71.4 cm³/mol. The molecule has 0 radical (unpaired) electrons. The molecule has 2 aliphatic rings. The molecule has 1 aliphatic carbocycles. The lowest BCUT2D eigenvalue weighted by Crippen LogP contribution is -2.40. The predicted octanol–water partition coefficient (Wildman–Crippen LogP) is 1.31. The first-order valence-electron chi connectivity index (χ1n) is 7.23. The van der Waals surface area contributed by atoms with Gasteiger partial charge in [0.1, 0.15) is 0 Å². The number of methoxy groups -OCH3 is 1. The van der Waals surface area contributed by atoms with Crippen molar-refractivity contribution in [1.29, 1.82) is 0 Å². The standard InChI is InChI=1S/C14H26N2O2/c1-18-9-7-14(5-2-3-6-14)11-16-13(17)12-4-8-15-10-12/h12,15H,2-11H2,1H3,(H,16,17). The van der Waals surface area contributed by atoms with E-state index in [2.05, 4.69) is 10.6 Å². The van der Waals surface area contributed by atoms with Gasteiger partial charge in [0.05, 0.1) is 5.92 Å². The number of ether oxygens (including phenoxy) is 1. The highest BCUT2D eigenvalue weighted by molar-refractivity contribution is 5.79. The Kier molecular flexibility index (Phi) is 5.01. The fraction of sp³-hybridized carbons (Fsp3) is 0.929. The van der Waals surface area contributed by atoms with Gasteiger partial charge in [-0.25, -0.2) is 0 Å². The zero-order valence-electron chi connectivity index (χ0n) is 11.5. The van der Waals surface area contributed by atoms with Crippen molar-refractivity contribution in [3.05, 3.63) is 0 Å². The lowest BCUT2D eigenvalue weighted by molar-refractivity contribution is -0.125. The second-order valence-corrected chi connectivity index (χ2v) is 5.86. The molecule has 2 fully saturated rings. The molecule has 1 unspecified atom stereocenters. The van der Waals surface area contributed by atoms with Gasteiger partial charge in [0.25, 0.3) is 0 Å². The van der Waals surface area contributed by atoms with Crippen LogP contribution in [0.1, 0.15) is 38.5 Å². The zero-order valence-corrected chi connectivity index (χ0v) is 11.5. The third-order valence-electron chi connectivity index (χ3n) is 4.57. The summed E-state index contributed by atoms with van der Waals surface area (Å²) in [7, 11) is 1.76. The Morgan fingerprint density at radius 2 is 2.22 bits per heavy atom. The molecule has 4 nitrogen and oxygen atoms in total. The summed E-state index contributed by atoms with van der Waals surface area (Å²) in [6, 6.07) is 0. The van der Waals surface area contributed by atoms with Crippen molar-refractivity contribution in [3.63, 3.8) is 0 Å². The first-order valence-corrected chi connectivity index (χ1v) is 7.23. The Morgan fingerprint density at radius 3 is 2.83 bits per heavy atom. The number of carbonyl (C=O) groups excluding carboxylic acids is 1. The maximum Gasteiger partial charge on any atom is 0.224 e. The van der Waals surface area contributed by atoms with E-state index in [1.807, 2.05) is 0 Å². The van der Waals surface area contributed by atoms with Crippen molar-refractivity contribution in [2.24, 2.45) is 11.3 Å². The number of hydrogen-bond acceptors (Lipinski definition) is 3. The van der Waals surface area contributed by atoms with Crippen molar-refractivity contribution in [3.8, 4) is 0 Å². The molecule has 1 saturated heterocycles. The Labute approximate surface area is 110 Å². The van der Waals surface area contributed by atoms with E-state index in [0.29, 0.717) is 5.41 Å². The molecule has 0 aromatic heterocycles. The van der Waals surface area contributed by atoms with E-state index in [0.717, 1.165) is 39.1 Å². The number of nitrogens with one attached hydrogen (secondary N) is 2. The monoisotopic (exact) mass is 254 g/mol. The second-order valence-electron chi connectivity index (χ2n) is 5.86. The molecule has 0 aromatic carbocycles. The normalized spacial score (nSPS) is 26.4. The van der Waals surface area contributed by atoms with Crippen LogP contribution in [0.5, 0.6) is 0 Å². The molecule has 1 heterocycles. The van der Waals surface area contributed by atoms with E-state index in [1.165, 1.54) is 25.7 Å². The molecular weight excluding hydrogens is 228 g/mol. The molecule has 0 spiro atoms. The van der Waals surface area contributed by atoms with E-state index in [-0.39, 0.29) is 11.8 Å². The van der Waals surface area contributed by atoms with Crippen LogP contribution < -0.4 is 10.6 Å². The van der Waals surface area contributed by atoms with Crippen LogP contribution in [0.3, 0.4) is 0 Å². The Hall–Kier alpha value is -0.610. The Bertz CT molecular complexity index is 269. The molecule has 1 amide bonds. The highest BCUT2D eigenvalue weighted by atomic mass is 16.5. The summed E-state index contributed by atoms with van der Waals surface area (Å²) in [4.78, 5) is 12.0. The molecule has 4 heteroatoms. The molecule has 18 heavy (non-hydrogen) atoms. The highest BCUT2D eigenvalue weighted by Gasteiger charge is 2.34. The minimum absolute atomic E-state index is 0.186. The summed E-state index contributed by atoms with van der Waals surface area (Å²) < 4.78 is 5.21. The van der Waals surface area contributed by atoms with E-state index in [1.54, 1.807) is 7.11 Å². The van der Waals surface area contributed by atoms with E-state index in [9.17, 15) is 4.79 Å². The van der Waals surface area contributed by atoms with Gasteiger partial charge in [0.15, 0.2) is 0 Å². The van der Waals surface area contributed by atoms with Crippen LogP contribution in [-0.2, 0) is 9.53 Å². The molecule has 0 aromatic rings. The molecule has 104 valence electrons. The molecule has 2 rings (SSSR count). The molecule has 1 aliphatic heterocycles. The SMILES string of the molecule is COCCC1(CNC(=O)C2CCNC2)CCCC1. The van der Waals surface area contributed by atoms with Gasteiger partial charge in [-0.3, -0.25) is 4.79 Å². The van der Waals surface area contributed by atoms with Gasteiger partial charge in [-0.15, -0.1) is 0 Å². The zero-order chi connectivity index (χ0) is 12.8. The number of carbonyl (C=O) groups is 1. The molecular formula is C14H26N2O2. The second kappa shape index (κ2) is 6.53. The fourth-order valence-corrected chi connectivity index (χ4v) is 3.26. The number of hydrogen-bond donors (Lipinski definition) is 2. The number of rotatable bonds is 6. The molecule has 2 N–H and O–H groups in total. The van der Waals surface area contributed by atoms with Crippen molar-refractivity contribution in [1.82, 2.24) is 10.6 Å². The van der Waals surface area contributed by atoms with Crippen molar-refractivity contribution in [2.45, 2.75) is 38.5 Å².